The van der Waals surface area contributed by atoms with E-state index in [1.165, 1.54) is 12.0 Å². The molecule has 0 unspecified atom stereocenters. The molecule has 1 aliphatic heterocycles. The van der Waals surface area contributed by atoms with Gasteiger partial charge in [0.15, 0.2) is 5.82 Å². The Bertz CT molecular complexity index is 466. The first-order valence-electron chi connectivity index (χ1n) is 7.52. The van der Waals surface area contributed by atoms with E-state index in [9.17, 15) is 5.11 Å². The zero-order valence-corrected chi connectivity index (χ0v) is 12.1. The van der Waals surface area contributed by atoms with Crippen LogP contribution < -0.4 is 0 Å². The summed E-state index contributed by atoms with van der Waals surface area (Å²) in [5, 5.41) is 10.2. The van der Waals surface area contributed by atoms with E-state index in [1.807, 2.05) is 6.20 Å². The molecule has 1 aromatic rings. The third kappa shape index (κ3) is 2.85. The van der Waals surface area contributed by atoms with Crippen molar-refractivity contribution in [1.29, 1.82) is 0 Å². The number of aliphatic hydroxyl groups is 1. The van der Waals surface area contributed by atoms with E-state index in [1.54, 1.807) is 7.11 Å². The Balaban J connectivity index is 1.71. The van der Waals surface area contributed by atoms with Crippen molar-refractivity contribution in [2.75, 3.05) is 13.7 Å². The number of rotatable bonds is 3. The van der Waals surface area contributed by atoms with Gasteiger partial charge in [-0.25, -0.2) is 9.97 Å². The second-order valence-corrected chi connectivity index (χ2v) is 5.83. The van der Waals surface area contributed by atoms with E-state index < -0.39 is 0 Å². The highest BCUT2D eigenvalue weighted by atomic mass is 16.5. The van der Waals surface area contributed by atoms with Crippen LogP contribution in [0, 0.1) is 0 Å². The van der Waals surface area contributed by atoms with Crippen molar-refractivity contribution in [3.8, 4) is 0 Å². The molecule has 20 heavy (non-hydrogen) atoms. The minimum Gasteiger partial charge on any atom is -0.391 e. The monoisotopic (exact) mass is 277 g/mol. The fourth-order valence-corrected chi connectivity index (χ4v) is 3.38. The van der Waals surface area contributed by atoms with Crippen LogP contribution in [0.25, 0.3) is 0 Å². The summed E-state index contributed by atoms with van der Waals surface area (Å²) in [7, 11) is 1.66. The van der Waals surface area contributed by atoms with Gasteiger partial charge in [0.1, 0.15) is 6.61 Å². The molecule has 0 bridgehead atoms. The first-order valence-corrected chi connectivity index (χ1v) is 7.52. The number of hydrogen-bond acceptors (Lipinski definition) is 5. The van der Waals surface area contributed by atoms with E-state index in [-0.39, 0.29) is 6.10 Å². The normalized spacial score (nSPS) is 27.3. The van der Waals surface area contributed by atoms with Crippen LogP contribution in [-0.4, -0.2) is 45.8 Å². The van der Waals surface area contributed by atoms with Gasteiger partial charge in [-0.3, -0.25) is 4.90 Å². The van der Waals surface area contributed by atoms with Crippen LogP contribution in [0.3, 0.4) is 0 Å². The molecular formula is C15H23N3O2. The molecule has 2 aliphatic rings. The molecule has 0 radical (unpaired) electrons. The van der Waals surface area contributed by atoms with Gasteiger partial charge in [0, 0.05) is 50.1 Å². The fourth-order valence-electron chi connectivity index (χ4n) is 3.38. The van der Waals surface area contributed by atoms with E-state index in [0.717, 1.165) is 50.3 Å². The van der Waals surface area contributed by atoms with Gasteiger partial charge in [0.25, 0.3) is 0 Å². The average molecular weight is 277 g/mol. The molecule has 0 spiro atoms. The predicted octanol–water partition coefficient (Wildman–Crippen LogP) is 1.28. The molecule has 2 atom stereocenters. The maximum absolute atomic E-state index is 10.2. The molecule has 0 saturated heterocycles. The molecule has 1 fully saturated rings. The summed E-state index contributed by atoms with van der Waals surface area (Å²) in [6.07, 6.45) is 7.14. The third-order valence-electron chi connectivity index (χ3n) is 4.45. The summed E-state index contributed by atoms with van der Waals surface area (Å²) in [6.45, 7) is 2.32. The molecule has 0 aromatic carbocycles. The maximum atomic E-state index is 10.2. The lowest BCUT2D eigenvalue weighted by Gasteiger charge is -2.39. The van der Waals surface area contributed by atoms with Crippen molar-refractivity contribution in [3.05, 3.63) is 23.3 Å². The predicted molar refractivity (Wildman–Crippen MR) is 75.1 cm³/mol. The van der Waals surface area contributed by atoms with E-state index in [0.29, 0.717) is 12.6 Å². The topological polar surface area (TPSA) is 58.5 Å². The van der Waals surface area contributed by atoms with Crippen molar-refractivity contribution < 1.29 is 9.84 Å². The lowest BCUT2D eigenvalue weighted by Crippen LogP contribution is -2.47. The zero-order chi connectivity index (χ0) is 13.9. The third-order valence-corrected chi connectivity index (χ3v) is 4.45. The molecule has 1 N–H and O–H groups in total. The van der Waals surface area contributed by atoms with Crippen LogP contribution in [0.4, 0.5) is 0 Å². The minimum absolute atomic E-state index is 0.168. The first kappa shape index (κ1) is 13.9. The van der Waals surface area contributed by atoms with Crippen molar-refractivity contribution >= 4 is 0 Å². The second-order valence-electron chi connectivity index (χ2n) is 5.83. The molecule has 0 amide bonds. The lowest BCUT2D eigenvalue weighted by atomic mass is 9.90. The largest absolute Gasteiger partial charge is 0.391 e. The average Bonchev–Trinajstić information content (AvgIpc) is 2.48. The van der Waals surface area contributed by atoms with Crippen molar-refractivity contribution in [2.45, 2.75) is 57.4 Å². The highest BCUT2D eigenvalue weighted by Gasteiger charge is 2.31. The van der Waals surface area contributed by atoms with Crippen LogP contribution in [-0.2, 0) is 24.3 Å². The van der Waals surface area contributed by atoms with Gasteiger partial charge in [-0.05, 0) is 12.8 Å². The van der Waals surface area contributed by atoms with Crippen LogP contribution >= 0.6 is 0 Å². The van der Waals surface area contributed by atoms with Gasteiger partial charge in [0.05, 0.1) is 6.10 Å². The van der Waals surface area contributed by atoms with Gasteiger partial charge < -0.3 is 9.84 Å². The fraction of sp³-hybridized carbons (Fsp3) is 0.733. The Hall–Kier alpha value is -1.04. The SMILES string of the molecule is COCc1ncc2c(n1)CCN([C@@H]1CCCC[C@H]1O)C2. The van der Waals surface area contributed by atoms with Gasteiger partial charge in [-0.1, -0.05) is 12.8 Å². The van der Waals surface area contributed by atoms with Crippen molar-refractivity contribution in [1.82, 2.24) is 14.9 Å². The van der Waals surface area contributed by atoms with E-state index in [2.05, 4.69) is 14.9 Å². The summed E-state index contributed by atoms with van der Waals surface area (Å²) in [6, 6.07) is 0.315. The lowest BCUT2D eigenvalue weighted by molar-refractivity contribution is 0.0127. The highest BCUT2D eigenvalue weighted by molar-refractivity contribution is 5.21. The Morgan fingerprint density at radius 1 is 1.40 bits per heavy atom. The van der Waals surface area contributed by atoms with Crippen LogP contribution in [0.15, 0.2) is 6.20 Å². The van der Waals surface area contributed by atoms with E-state index in [4.69, 9.17) is 4.74 Å². The van der Waals surface area contributed by atoms with Crippen molar-refractivity contribution in [3.63, 3.8) is 0 Å². The Morgan fingerprint density at radius 3 is 3.05 bits per heavy atom. The minimum atomic E-state index is -0.168. The quantitative estimate of drug-likeness (QED) is 0.902. The van der Waals surface area contributed by atoms with Gasteiger partial charge in [-0.15, -0.1) is 0 Å². The molecular weight excluding hydrogens is 254 g/mol. The molecule has 1 saturated carbocycles. The number of aliphatic hydroxyl groups excluding tert-OH is 1. The van der Waals surface area contributed by atoms with Gasteiger partial charge >= 0.3 is 0 Å². The molecule has 1 aliphatic carbocycles. The first-order chi connectivity index (χ1) is 9.78. The summed E-state index contributed by atoms with van der Waals surface area (Å²) in [5.74, 6) is 0.761. The number of nitrogens with zero attached hydrogens (tertiary/aromatic N) is 3. The summed E-state index contributed by atoms with van der Waals surface area (Å²) in [4.78, 5) is 11.3. The van der Waals surface area contributed by atoms with Crippen molar-refractivity contribution in [2.24, 2.45) is 0 Å². The number of hydrogen-bond donors (Lipinski definition) is 1. The molecule has 5 nitrogen and oxygen atoms in total. The van der Waals surface area contributed by atoms with E-state index >= 15 is 0 Å². The number of fused-ring (bicyclic) bond motifs is 1. The zero-order valence-electron chi connectivity index (χ0n) is 12.1. The Labute approximate surface area is 120 Å². The van der Waals surface area contributed by atoms with Gasteiger partial charge in [0.2, 0.25) is 0 Å². The molecule has 2 heterocycles. The smallest absolute Gasteiger partial charge is 0.154 e. The molecule has 3 rings (SSSR count). The highest BCUT2D eigenvalue weighted by Crippen LogP contribution is 2.27. The standard InChI is InChI=1S/C15H23N3O2/c1-20-10-15-16-8-11-9-18(7-6-12(11)17-15)13-4-2-3-5-14(13)19/h8,13-14,19H,2-7,9-10H2,1H3/t13-,14-/m1/s1. The van der Waals surface area contributed by atoms with Crippen LogP contribution in [0.5, 0.6) is 0 Å². The van der Waals surface area contributed by atoms with Crippen LogP contribution in [0.1, 0.15) is 42.8 Å². The number of methoxy groups -OCH3 is 1. The van der Waals surface area contributed by atoms with Gasteiger partial charge in [-0.2, -0.15) is 0 Å². The summed E-state index contributed by atoms with van der Waals surface area (Å²) >= 11 is 0. The second kappa shape index (κ2) is 6.16. The molecule has 110 valence electrons. The molecule has 1 aromatic heterocycles. The molecule has 5 heteroatoms. The Kier molecular flexibility index (Phi) is 4.29. The number of ether oxygens (including phenoxy) is 1. The Morgan fingerprint density at radius 2 is 2.25 bits per heavy atom. The summed E-state index contributed by atoms with van der Waals surface area (Å²) in [5.41, 5.74) is 2.35. The number of aromatic nitrogens is 2. The maximum Gasteiger partial charge on any atom is 0.154 e. The summed E-state index contributed by atoms with van der Waals surface area (Å²) < 4.78 is 5.08. The van der Waals surface area contributed by atoms with Crippen LogP contribution in [0.2, 0.25) is 0 Å².